The van der Waals surface area contributed by atoms with Crippen molar-refractivity contribution >= 4 is 22.5 Å². The minimum absolute atomic E-state index is 0.0299. The van der Waals surface area contributed by atoms with Crippen molar-refractivity contribution in [2.24, 2.45) is 0 Å². The average molecular weight is 306 g/mol. The Morgan fingerprint density at radius 3 is 2.52 bits per heavy atom. The van der Waals surface area contributed by atoms with E-state index in [-0.39, 0.29) is 50.2 Å². The van der Waals surface area contributed by atoms with E-state index in [4.69, 9.17) is 4.42 Å². The second-order valence-corrected chi connectivity index (χ2v) is 5.46. The first-order valence-electron chi connectivity index (χ1n) is 6.97. The largest absolute Gasteiger partial charge is 0.507 e. The molecule has 0 bridgehead atoms. The zero-order valence-corrected chi connectivity index (χ0v) is 12.0. The molecule has 0 saturated heterocycles. The van der Waals surface area contributed by atoms with Crippen LogP contribution in [0.15, 0.2) is 45.8 Å². The molecule has 2 aromatic carbocycles. The van der Waals surface area contributed by atoms with Gasteiger partial charge < -0.3 is 9.52 Å². The molecule has 1 aliphatic carbocycles. The van der Waals surface area contributed by atoms with Crippen LogP contribution in [0.1, 0.15) is 37.4 Å². The monoisotopic (exact) mass is 306 g/mol. The summed E-state index contributed by atoms with van der Waals surface area (Å²) >= 11 is 0. The van der Waals surface area contributed by atoms with Crippen molar-refractivity contribution in [3.63, 3.8) is 0 Å². The molecule has 3 aromatic rings. The van der Waals surface area contributed by atoms with Gasteiger partial charge in [0.15, 0.2) is 11.2 Å². The van der Waals surface area contributed by atoms with Crippen LogP contribution in [0.2, 0.25) is 0 Å². The van der Waals surface area contributed by atoms with Crippen LogP contribution in [0.4, 0.5) is 0 Å². The Morgan fingerprint density at radius 1 is 0.957 bits per heavy atom. The Labute approximate surface area is 129 Å². The Balaban J connectivity index is 2.21. The topological polar surface area (TPSA) is 84.6 Å². The van der Waals surface area contributed by atoms with E-state index >= 15 is 0 Å². The fourth-order valence-corrected chi connectivity index (χ4v) is 3.10. The summed E-state index contributed by atoms with van der Waals surface area (Å²) in [6.45, 7) is 1.69. The Morgan fingerprint density at radius 2 is 1.74 bits per heavy atom. The molecule has 5 heteroatoms. The predicted molar refractivity (Wildman–Crippen MR) is 82.2 cm³/mol. The molecule has 112 valence electrons. The molecule has 23 heavy (non-hydrogen) atoms. The van der Waals surface area contributed by atoms with E-state index in [1.54, 1.807) is 6.92 Å². The van der Waals surface area contributed by atoms with Crippen LogP contribution in [-0.4, -0.2) is 16.7 Å². The van der Waals surface area contributed by atoms with Crippen molar-refractivity contribution < 1.29 is 19.1 Å². The summed E-state index contributed by atoms with van der Waals surface area (Å²) in [6, 6.07) is 7.16. The Kier molecular flexibility index (Phi) is 2.57. The van der Waals surface area contributed by atoms with Gasteiger partial charge in [-0.25, -0.2) is 0 Å². The minimum Gasteiger partial charge on any atom is -0.507 e. The van der Waals surface area contributed by atoms with Crippen LogP contribution in [-0.2, 0) is 0 Å². The third-order valence-electron chi connectivity index (χ3n) is 4.12. The predicted octanol–water partition coefficient (Wildman–Crippen LogP) is 2.58. The summed E-state index contributed by atoms with van der Waals surface area (Å²) in [5.41, 5.74) is 0.684. The maximum Gasteiger partial charge on any atom is 0.202 e. The van der Waals surface area contributed by atoms with E-state index < -0.39 is 5.78 Å². The summed E-state index contributed by atoms with van der Waals surface area (Å²) in [5.74, 6) is -1.16. The van der Waals surface area contributed by atoms with Crippen LogP contribution in [0.5, 0.6) is 5.75 Å². The van der Waals surface area contributed by atoms with E-state index in [0.29, 0.717) is 5.56 Å². The molecule has 1 N–H and O–H groups in total. The summed E-state index contributed by atoms with van der Waals surface area (Å²) < 4.78 is 5.39. The van der Waals surface area contributed by atoms with Gasteiger partial charge in [-0.1, -0.05) is 12.1 Å². The lowest BCUT2D eigenvalue weighted by Gasteiger charge is -2.19. The van der Waals surface area contributed by atoms with E-state index in [1.807, 2.05) is 0 Å². The van der Waals surface area contributed by atoms with E-state index in [9.17, 15) is 19.5 Å². The van der Waals surface area contributed by atoms with Crippen LogP contribution in [0.25, 0.3) is 11.0 Å². The highest BCUT2D eigenvalue weighted by Gasteiger charge is 2.35. The molecule has 0 fully saturated rings. The molecule has 0 spiro atoms. The zero-order chi connectivity index (χ0) is 16.3. The first-order valence-corrected chi connectivity index (χ1v) is 6.97. The van der Waals surface area contributed by atoms with Crippen LogP contribution < -0.4 is 5.43 Å². The normalized spacial score (nSPS) is 13.1. The number of hydrogen-bond donors (Lipinski definition) is 1. The highest BCUT2D eigenvalue weighted by atomic mass is 16.3. The third-order valence-corrected chi connectivity index (χ3v) is 4.12. The van der Waals surface area contributed by atoms with Crippen molar-refractivity contribution in [1.29, 1.82) is 0 Å². The second-order valence-electron chi connectivity index (χ2n) is 5.46. The van der Waals surface area contributed by atoms with Crippen molar-refractivity contribution in [3.8, 4) is 5.75 Å². The van der Waals surface area contributed by atoms with E-state index in [1.165, 1.54) is 36.6 Å². The number of hydrogen-bond acceptors (Lipinski definition) is 5. The first-order chi connectivity index (χ1) is 11.0. The van der Waals surface area contributed by atoms with Crippen molar-refractivity contribution in [1.82, 2.24) is 0 Å². The van der Waals surface area contributed by atoms with Gasteiger partial charge >= 0.3 is 0 Å². The molecule has 0 atom stereocenters. The van der Waals surface area contributed by atoms with Gasteiger partial charge in [-0.05, 0) is 24.6 Å². The standard InChI is InChI=1S/C18H10O5/c1-8-7-10-15(18-13(8)12(20)5-6-23-18)17(22)14-9(16(10)21)3-2-4-11(14)19/h2-7,19H,1H3. The quantitative estimate of drug-likeness (QED) is 0.540. The maximum atomic E-state index is 12.8. The number of aromatic hydroxyl groups is 1. The highest BCUT2D eigenvalue weighted by molar-refractivity contribution is 6.32. The summed E-state index contributed by atoms with van der Waals surface area (Å²) in [7, 11) is 0. The highest BCUT2D eigenvalue weighted by Crippen LogP contribution is 2.36. The van der Waals surface area contributed by atoms with Crippen molar-refractivity contribution in [2.75, 3.05) is 0 Å². The number of phenols is 1. The van der Waals surface area contributed by atoms with Gasteiger partial charge in [-0.2, -0.15) is 0 Å². The van der Waals surface area contributed by atoms with Gasteiger partial charge in [0.1, 0.15) is 11.3 Å². The van der Waals surface area contributed by atoms with Gasteiger partial charge in [0.25, 0.3) is 0 Å². The lowest BCUT2D eigenvalue weighted by Crippen LogP contribution is -2.22. The van der Waals surface area contributed by atoms with Gasteiger partial charge in [0.05, 0.1) is 22.8 Å². The fourth-order valence-electron chi connectivity index (χ4n) is 3.10. The van der Waals surface area contributed by atoms with Crippen molar-refractivity contribution in [2.45, 2.75) is 6.92 Å². The molecule has 5 nitrogen and oxygen atoms in total. The molecule has 4 rings (SSSR count). The van der Waals surface area contributed by atoms with Gasteiger partial charge in [-0.15, -0.1) is 0 Å². The number of carbonyl (C=O) groups excluding carboxylic acids is 2. The Bertz CT molecular complexity index is 1090. The summed E-state index contributed by atoms with van der Waals surface area (Å²) in [4.78, 5) is 37.6. The molecule has 1 aromatic heterocycles. The number of rotatable bonds is 0. The molecular formula is C18H10O5. The van der Waals surface area contributed by atoms with E-state index in [0.717, 1.165) is 0 Å². The van der Waals surface area contributed by atoms with E-state index in [2.05, 4.69) is 0 Å². The zero-order valence-electron chi connectivity index (χ0n) is 12.0. The first kappa shape index (κ1) is 13.5. The van der Waals surface area contributed by atoms with Crippen LogP contribution in [0.3, 0.4) is 0 Å². The summed E-state index contributed by atoms with van der Waals surface area (Å²) in [5, 5.41) is 10.3. The summed E-state index contributed by atoms with van der Waals surface area (Å²) in [6.07, 6.45) is 1.20. The van der Waals surface area contributed by atoms with Crippen molar-refractivity contribution in [3.05, 3.63) is 74.6 Å². The number of ketones is 2. The van der Waals surface area contributed by atoms with Crippen LogP contribution >= 0.6 is 0 Å². The molecule has 0 saturated carbocycles. The second kappa shape index (κ2) is 4.39. The number of phenolic OH excluding ortho intramolecular Hbond substituents is 1. The van der Waals surface area contributed by atoms with Crippen LogP contribution in [0, 0.1) is 6.92 Å². The Hall–Kier alpha value is -3.21. The number of benzene rings is 2. The molecule has 1 heterocycles. The molecular weight excluding hydrogens is 296 g/mol. The minimum atomic E-state index is -0.521. The lowest BCUT2D eigenvalue weighted by atomic mass is 9.81. The number of fused-ring (bicyclic) bond motifs is 4. The van der Waals surface area contributed by atoms with Gasteiger partial charge in [0, 0.05) is 17.2 Å². The molecule has 0 amide bonds. The molecule has 1 aliphatic rings. The maximum absolute atomic E-state index is 12.8. The molecule has 0 radical (unpaired) electrons. The number of aryl methyl sites for hydroxylation is 1. The lowest BCUT2D eigenvalue weighted by molar-refractivity contribution is 0.0977. The molecule has 0 aliphatic heterocycles. The SMILES string of the molecule is Cc1cc2c(c3occc(=O)c13)C(=O)c1c(O)cccc1C2=O. The number of carbonyl (C=O) groups is 2. The molecule has 0 unspecified atom stereocenters. The average Bonchev–Trinajstić information content (AvgIpc) is 2.52. The van der Waals surface area contributed by atoms with Gasteiger partial charge in [-0.3, -0.25) is 14.4 Å². The third kappa shape index (κ3) is 1.64. The van der Waals surface area contributed by atoms with Gasteiger partial charge in [0.2, 0.25) is 5.78 Å². The fraction of sp³-hybridized carbons (Fsp3) is 0.0556. The smallest absolute Gasteiger partial charge is 0.202 e.